The maximum atomic E-state index is 6.03. The number of ether oxygens (including phenoxy) is 2. The molecule has 5 unspecified atom stereocenters. The molecule has 1 aliphatic carbocycles. The molecular formula is C19H24N2O2. The van der Waals surface area contributed by atoms with Gasteiger partial charge in [-0.25, -0.2) is 0 Å². The highest BCUT2D eigenvalue weighted by atomic mass is 16.7. The summed E-state index contributed by atoms with van der Waals surface area (Å²) in [6.07, 6.45) is 7.27. The van der Waals surface area contributed by atoms with E-state index in [-0.39, 0.29) is 6.29 Å². The third-order valence-corrected chi connectivity index (χ3v) is 5.99. The van der Waals surface area contributed by atoms with Crippen molar-refractivity contribution < 1.29 is 9.47 Å². The number of aromatic amines is 1. The summed E-state index contributed by atoms with van der Waals surface area (Å²) in [6.45, 7) is 1.96. The van der Waals surface area contributed by atoms with Crippen LogP contribution in [0.5, 0.6) is 0 Å². The predicted octanol–water partition coefficient (Wildman–Crippen LogP) is 2.84. The maximum Gasteiger partial charge on any atom is 0.158 e. The second-order valence-corrected chi connectivity index (χ2v) is 7.33. The number of fused-ring (bicyclic) bond motifs is 2. The third-order valence-electron chi connectivity index (χ3n) is 5.99. The lowest BCUT2D eigenvalue weighted by Gasteiger charge is -2.52. The van der Waals surface area contributed by atoms with E-state index in [4.69, 9.17) is 9.47 Å². The van der Waals surface area contributed by atoms with Crippen molar-refractivity contribution in [3.63, 3.8) is 0 Å². The zero-order valence-corrected chi connectivity index (χ0v) is 13.3. The van der Waals surface area contributed by atoms with Crippen LogP contribution in [-0.2, 0) is 15.9 Å². The first-order valence-corrected chi connectivity index (χ1v) is 8.92. The maximum absolute atomic E-state index is 6.03. The topological polar surface area (TPSA) is 46.3 Å². The standard InChI is InChI=1S/C19H24N2O2/c1-2-4-17-15(3-1)12(10-21-17)5-6-20-14-7-13-8-19-22-11-16(13)18(9-14)23-19/h1-4,10,13-14,16,18-21H,5-9,11H2. The van der Waals surface area contributed by atoms with Gasteiger partial charge in [0.25, 0.3) is 0 Å². The molecule has 4 fully saturated rings. The van der Waals surface area contributed by atoms with Crippen LogP contribution in [0.4, 0.5) is 0 Å². The quantitative estimate of drug-likeness (QED) is 0.912. The van der Waals surface area contributed by atoms with E-state index in [0.717, 1.165) is 38.3 Å². The lowest BCUT2D eigenvalue weighted by molar-refractivity contribution is -0.299. The van der Waals surface area contributed by atoms with E-state index in [1.54, 1.807) is 0 Å². The van der Waals surface area contributed by atoms with Crippen LogP contribution in [-0.4, -0.2) is 36.6 Å². The summed E-state index contributed by atoms with van der Waals surface area (Å²) in [6, 6.07) is 9.15. The van der Waals surface area contributed by atoms with E-state index in [1.165, 1.54) is 22.9 Å². The van der Waals surface area contributed by atoms with Crippen LogP contribution in [0.1, 0.15) is 24.8 Å². The Bertz CT molecular complexity index is 681. The molecule has 0 amide bonds. The smallest absolute Gasteiger partial charge is 0.158 e. The van der Waals surface area contributed by atoms with Crippen molar-refractivity contribution in [3.05, 3.63) is 36.0 Å². The van der Waals surface area contributed by atoms with Gasteiger partial charge in [0, 0.05) is 35.5 Å². The fourth-order valence-corrected chi connectivity index (χ4v) is 4.81. The van der Waals surface area contributed by atoms with Gasteiger partial charge in [0.15, 0.2) is 6.29 Å². The van der Waals surface area contributed by atoms with Gasteiger partial charge in [-0.1, -0.05) is 18.2 Å². The summed E-state index contributed by atoms with van der Waals surface area (Å²) >= 11 is 0. The minimum absolute atomic E-state index is 0.0853. The number of para-hydroxylation sites is 1. The number of nitrogens with one attached hydrogen (secondary N) is 2. The highest BCUT2D eigenvalue weighted by Crippen LogP contribution is 2.44. The molecule has 122 valence electrons. The Kier molecular flexibility index (Phi) is 3.43. The van der Waals surface area contributed by atoms with Gasteiger partial charge in [-0.05, 0) is 43.4 Å². The predicted molar refractivity (Wildman–Crippen MR) is 89.2 cm³/mol. The number of rotatable bonds is 4. The molecule has 6 rings (SSSR count). The first-order chi connectivity index (χ1) is 11.4. The summed E-state index contributed by atoms with van der Waals surface area (Å²) in [5.74, 6) is 1.44. The highest BCUT2D eigenvalue weighted by molar-refractivity contribution is 5.83. The zero-order chi connectivity index (χ0) is 15.2. The number of aromatic nitrogens is 1. The zero-order valence-electron chi connectivity index (χ0n) is 13.3. The van der Waals surface area contributed by atoms with E-state index in [0.29, 0.717) is 18.1 Å². The van der Waals surface area contributed by atoms with Gasteiger partial charge in [-0.3, -0.25) is 0 Å². The molecule has 4 aliphatic rings. The van der Waals surface area contributed by atoms with Crippen LogP contribution < -0.4 is 5.32 Å². The van der Waals surface area contributed by atoms with Crippen molar-refractivity contribution in [1.82, 2.24) is 10.3 Å². The Morgan fingerprint density at radius 2 is 2.13 bits per heavy atom. The molecular weight excluding hydrogens is 288 g/mol. The molecule has 23 heavy (non-hydrogen) atoms. The van der Waals surface area contributed by atoms with Crippen LogP contribution >= 0.6 is 0 Å². The molecule has 5 atom stereocenters. The SMILES string of the molecule is c1ccc2c(CCNC3CC4CC5OCC4C(C3)O5)c[nH]c2c1. The van der Waals surface area contributed by atoms with E-state index >= 15 is 0 Å². The summed E-state index contributed by atoms with van der Waals surface area (Å²) < 4.78 is 11.7. The van der Waals surface area contributed by atoms with E-state index < -0.39 is 0 Å². The van der Waals surface area contributed by atoms with E-state index in [9.17, 15) is 0 Å². The fraction of sp³-hybridized carbons (Fsp3) is 0.579. The van der Waals surface area contributed by atoms with Crippen molar-refractivity contribution in [2.75, 3.05) is 13.2 Å². The highest BCUT2D eigenvalue weighted by Gasteiger charge is 2.48. The molecule has 0 radical (unpaired) electrons. The Morgan fingerprint density at radius 1 is 1.17 bits per heavy atom. The van der Waals surface area contributed by atoms with Gasteiger partial charge in [-0.15, -0.1) is 0 Å². The molecule has 1 aromatic carbocycles. The third kappa shape index (κ3) is 2.49. The number of hydrogen-bond acceptors (Lipinski definition) is 3. The van der Waals surface area contributed by atoms with Crippen LogP contribution in [0.3, 0.4) is 0 Å². The van der Waals surface area contributed by atoms with Gasteiger partial charge in [0.05, 0.1) is 12.7 Å². The monoisotopic (exact) mass is 312 g/mol. The Labute approximate surface area is 136 Å². The molecule has 2 aromatic rings. The minimum atomic E-state index is 0.0853. The van der Waals surface area contributed by atoms with E-state index in [2.05, 4.69) is 40.8 Å². The first kappa shape index (κ1) is 14.0. The van der Waals surface area contributed by atoms with E-state index in [1.807, 2.05) is 0 Å². The Hall–Kier alpha value is -1.36. The second kappa shape index (κ2) is 5.62. The molecule has 0 spiro atoms. The van der Waals surface area contributed by atoms with Crippen LogP contribution in [0.15, 0.2) is 30.5 Å². The number of hydrogen-bond donors (Lipinski definition) is 2. The molecule has 3 saturated heterocycles. The van der Waals surface area contributed by atoms with Gasteiger partial charge < -0.3 is 19.8 Å². The average Bonchev–Trinajstić information content (AvgIpc) is 2.98. The summed E-state index contributed by atoms with van der Waals surface area (Å²) in [5.41, 5.74) is 2.65. The van der Waals surface area contributed by atoms with Gasteiger partial charge in [-0.2, -0.15) is 0 Å². The van der Waals surface area contributed by atoms with Crippen molar-refractivity contribution in [1.29, 1.82) is 0 Å². The summed E-state index contributed by atoms with van der Waals surface area (Å²) in [5, 5.41) is 5.13. The molecule has 1 aromatic heterocycles. The molecule has 1 saturated carbocycles. The molecule has 3 aliphatic heterocycles. The average molecular weight is 312 g/mol. The Balaban J connectivity index is 1.19. The number of benzene rings is 1. The largest absolute Gasteiger partial charge is 0.361 e. The normalized spacial score (nSPS) is 35.7. The van der Waals surface area contributed by atoms with Crippen molar-refractivity contribution in [2.24, 2.45) is 11.8 Å². The molecule has 4 nitrogen and oxygen atoms in total. The molecule has 4 heteroatoms. The first-order valence-electron chi connectivity index (χ1n) is 8.92. The fourth-order valence-electron chi connectivity index (χ4n) is 4.81. The van der Waals surface area contributed by atoms with Crippen LogP contribution in [0, 0.1) is 11.8 Å². The molecule has 4 bridgehead atoms. The lowest BCUT2D eigenvalue weighted by atomic mass is 9.70. The lowest BCUT2D eigenvalue weighted by Crippen LogP contribution is -2.57. The summed E-state index contributed by atoms with van der Waals surface area (Å²) in [7, 11) is 0. The minimum Gasteiger partial charge on any atom is -0.361 e. The van der Waals surface area contributed by atoms with Crippen molar-refractivity contribution >= 4 is 10.9 Å². The van der Waals surface area contributed by atoms with Gasteiger partial charge in [0.1, 0.15) is 0 Å². The Morgan fingerprint density at radius 3 is 3.04 bits per heavy atom. The second-order valence-electron chi connectivity index (χ2n) is 7.33. The van der Waals surface area contributed by atoms with Crippen molar-refractivity contribution in [2.45, 2.75) is 44.1 Å². The summed E-state index contributed by atoms with van der Waals surface area (Å²) in [4.78, 5) is 3.37. The molecule has 2 N–H and O–H groups in total. The van der Waals surface area contributed by atoms with Crippen LogP contribution in [0.2, 0.25) is 0 Å². The number of H-pyrrole nitrogens is 1. The molecule has 4 heterocycles. The van der Waals surface area contributed by atoms with Gasteiger partial charge >= 0.3 is 0 Å². The van der Waals surface area contributed by atoms with Crippen LogP contribution in [0.25, 0.3) is 10.9 Å². The van der Waals surface area contributed by atoms with Crippen molar-refractivity contribution in [3.8, 4) is 0 Å². The van der Waals surface area contributed by atoms with Gasteiger partial charge in [0.2, 0.25) is 0 Å².